The molecule has 0 fully saturated rings. The quantitative estimate of drug-likeness (QED) is 0.620. The summed E-state index contributed by atoms with van der Waals surface area (Å²) in [6.45, 7) is 2.14. The molecule has 2 nitrogen and oxygen atoms in total. The van der Waals surface area contributed by atoms with Crippen LogP contribution in [-0.2, 0) is 16.0 Å². The average Bonchev–Trinajstić information content (AvgIpc) is 2.22. The van der Waals surface area contributed by atoms with Gasteiger partial charge in [0.15, 0.2) is 0 Å². The van der Waals surface area contributed by atoms with Gasteiger partial charge in [0.05, 0.1) is 6.61 Å². The van der Waals surface area contributed by atoms with E-state index in [-0.39, 0.29) is 10.8 Å². The van der Waals surface area contributed by atoms with Crippen LogP contribution in [0, 0.1) is 0 Å². The largest absolute Gasteiger partial charge is 0.465 e. The van der Waals surface area contributed by atoms with Crippen molar-refractivity contribution in [1.82, 2.24) is 0 Å². The van der Waals surface area contributed by atoms with Crippen LogP contribution in [0.5, 0.6) is 0 Å². The minimum absolute atomic E-state index is 0.284. The fourth-order valence-electron chi connectivity index (χ4n) is 1.20. The predicted octanol–water partition coefficient (Wildman–Crippen LogP) is 3.86. The molecule has 0 aliphatic heterocycles. The predicted molar refractivity (Wildman–Crippen MR) is 69.5 cm³/mol. The van der Waals surface area contributed by atoms with Gasteiger partial charge in [0.2, 0.25) is 0 Å². The van der Waals surface area contributed by atoms with Crippen LogP contribution in [0.15, 0.2) is 18.2 Å². The van der Waals surface area contributed by atoms with Gasteiger partial charge < -0.3 is 4.74 Å². The molecule has 1 atom stereocenters. The standard InChI is InChI=1S/C11H11BrCl2O2/c1-2-16-11(15)9(12)5-7-3-4-8(13)6-10(7)14/h3-4,6,9H,2,5H2,1H3. The van der Waals surface area contributed by atoms with E-state index in [2.05, 4.69) is 15.9 Å². The van der Waals surface area contributed by atoms with Gasteiger partial charge in [0, 0.05) is 10.0 Å². The minimum Gasteiger partial charge on any atom is -0.465 e. The highest BCUT2D eigenvalue weighted by molar-refractivity contribution is 9.10. The second kappa shape index (κ2) is 6.48. The molecule has 0 amide bonds. The molecule has 0 saturated carbocycles. The maximum absolute atomic E-state index is 11.4. The Balaban J connectivity index is 2.69. The fraction of sp³-hybridized carbons (Fsp3) is 0.364. The monoisotopic (exact) mass is 324 g/mol. The van der Waals surface area contributed by atoms with Gasteiger partial charge in [-0.3, -0.25) is 4.79 Å². The average molecular weight is 326 g/mol. The molecule has 0 aromatic heterocycles. The summed E-state index contributed by atoms with van der Waals surface area (Å²) < 4.78 is 4.88. The molecule has 1 unspecified atom stereocenters. The molecular weight excluding hydrogens is 315 g/mol. The normalized spacial score (nSPS) is 12.2. The molecule has 0 radical (unpaired) electrons. The summed E-state index contributed by atoms with van der Waals surface area (Å²) in [5, 5.41) is 1.14. The van der Waals surface area contributed by atoms with Crippen LogP contribution in [0.4, 0.5) is 0 Å². The van der Waals surface area contributed by atoms with Gasteiger partial charge in [-0.05, 0) is 31.0 Å². The number of hydrogen-bond donors (Lipinski definition) is 0. The molecule has 0 spiro atoms. The molecule has 1 aromatic carbocycles. The van der Waals surface area contributed by atoms with E-state index in [1.54, 1.807) is 25.1 Å². The third-order valence-electron chi connectivity index (χ3n) is 1.96. The molecule has 1 rings (SSSR count). The van der Waals surface area contributed by atoms with E-state index in [0.717, 1.165) is 5.56 Å². The Hall–Kier alpha value is -0.250. The van der Waals surface area contributed by atoms with Crippen molar-refractivity contribution in [2.24, 2.45) is 0 Å². The van der Waals surface area contributed by atoms with E-state index in [9.17, 15) is 4.79 Å². The molecule has 5 heteroatoms. The SMILES string of the molecule is CCOC(=O)C(Br)Cc1ccc(Cl)cc1Cl. The van der Waals surface area contributed by atoms with Crippen LogP contribution in [-0.4, -0.2) is 17.4 Å². The van der Waals surface area contributed by atoms with Gasteiger partial charge in [0.25, 0.3) is 0 Å². The topological polar surface area (TPSA) is 26.3 Å². The highest BCUT2D eigenvalue weighted by Crippen LogP contribution is 2.23. The van der Waals surface area contributed by atoms with Crippen molar-refractivity contribution in [3.05, 3.63) is 33.8 Å². The first-order valence-corrected chi connectivity index (χ1v) is 6.46. The molecular formula is C11H11BrCl2O2. The third-order valence-corrected chi connectivity index (χ3v) is 3.24. The molecule has 1 aromatic rings. The smallest absolute Gasteiger partial charge is 0.320 e. The maximum Gasteiger partial charge on any atom is 0.320 e. The summed E-state index contributed by atoms with van der Waals surface area (Å²) in [6.07, 6.45) is 0.481. The summed E-state index contributed by atoms with van der Waals surface area (Å²) >= 11 is 15.0. The molecule has 0 N–H and O–H groups in total. The molecule has 0 aliphatic rings. The first-order chi connectivity index (χ1) is 7.54. The lowest BCUT2D eigenvalue weighted by atomic mass is 10.1. The number of hydrogen-bond acceptors (Lipinski definition) is 2. The number of carbonyl (C=O) groups excluding carboxylic acids is 1. The van der Waals surface area contributed by atoms with E-state index in [1.807, 2.05) is 0 Å². The van der Waals surface area contributed by atoms with Crippen LogP contribution >= 0.6 is 39.1 Å². The van der Waals surface area contributed by atoms with Crippen molar-refractivity contribution in [1.29, 1.82) is 0 Å². The van der Waals surface area contributed by atoms with E-state index >= 15 is 0 Å². The number of halogens is 3. The molecule has 16 heavy (non-hydrogen) atoms. The van der Waals surface area contributed by atoms with Gasteiger partial charge in [-0.15, -0.1) is 0 Å². The van der Waals surface area contributed by atoms with Crippen LogP contribution in [0.2, 0.25) is 10.0 Å². The Kier molecular flexibility index (Phi) is 5.59. The van der Waals surface area contributed by atoms with Crippen LogP contribution in [0.25, 0.3) is 0 Å². The Labute approximate surface area is 113 Å². The zero-order valence-electron chi connectivity index (χ0n) is 8.67. The van der Waals surface area contributed by atoms with E-state index in [0.29, 0.717) is 23.1 Å². The zero-order valence-corrected chi connectivity index (χ0v) is 11.8. The molecule has 0 saturated heterocycles. The maximum atomic E-state index is 11.4. The summed E-state index contributed by atoms with van der Waals surface area (Å²) in [5.74, 6) is -0.284. The van der Waals surface area contributed by atoms with E-state index in [4.69, 9.17) is 27.9 Å². The van der Waals surface area contributed by atoms with Gasteiger partial charge in [-0.1, -0.05) is 45.2 Å². The Bertz CT molecular complexity index is 382. The Morgan fingerprint density at radius 2 is 2.19 bits per heavy atom. The van der Waals surface area contributed by atoms with Crippen molar-refractivity contribution in [2.45, 2.75) is 18.2 Å². The van der Waals surface area contributed by atoms with Crippen molar-refractivity contribution in [3.8, 4) is 0 Å². The fourth-order valence-corrected chi connectivity index (χ4v) is 2.16. The number of alkyl halides is 1. The lowest BCUT2D eigenvalue weighted by molar-refractivity contribution is -0.142. The van der Waals surface area contributed by atoms with Crippen LogP contribution in [0.3, 0.4) is 0 Å². The van der Waals surface area contributed by atoms with Gasteiger partial charge in [0.1, 0.15) is 4.83 Å². The lowest BCUT2D eigenvalue weighted by Gasteiger charge is -2.10. The number of carbonyl (C=O) groups is 1. The van der Waals surface area contributed by atoms with Crippen molar-refractivity contribution in [2.75, 3.05) is 6.61 Å². The summed E-state index contributed by atoms with van der Waals surface area (Å²) in [7, 11) is 0. The van der Waals surface area contributed by atoms with Crippen LogP contribution < -0.4 is 0 Å². The third kappa shape index (κ3) is 3.96. The molecule has 88 valence electrons. The summed E-state index contributed by atoms with van der Waals surface area (Å²) in [6, 6.07) is 5.20. The second-order valence-corrected chi connectivity index (χ2v) is 5.11. The first-order valence-electron chi connectivity index (χ1n) is 4.79. The Morgan fingerprint density at radius 3 is 2.75 bits per heavy atom. The Morgan fingerprint density at radius 1 is 1.50 bits per heavy atom. The number of benzene rings is 1. The molecule has 0 bridgehead atoms. The van der Waals surface area contributed by atoms with Crippen molar-refractivity contribution < 1.29 is 9.53 Å². The van der Waals surface area contributed by atoms with Crippen molar-refractivity contribution >= 4 is 45.1 Å². The summed E-state index contributed by atoms with van der Waals surface area (Å²) in [5.41, 5.74) is 0.862. The number of esters is 1. The first kappa shape index (κ1) is 13.8. The highest BCUT2D eigenvalue weighted by atomic mass is 79.9. The minimum atomic E-state index is -0.383. The van der Waals surface area contributed by atoms with Gasteiger partial charge >= 0.3 is 5.97 Å². The molecule has 0 aliphatic carbocycles. The van der Waals surface area contributed by atoms with Crippen LogP contribution in [0.1, 0.15) is 12.5 Å². The van der Waals surface area contributed by atoms with Gasteiger partial charge in [-0.2, -0.15) is 0 Å². The van der Waals surface area contributed by atoms with Gasteiger partial charge in [-0.25, -0.2) is 0 Å². The summed E-state index contributed by atoms with van der Waals surface area (Å²) in [4.78, 5) is 11.0. The zero-order chi connectivity index (χ0) is 12.1. The second-order valence-electron chi connectivity index (χ2n) is 3.16. The lowest BCUT2D eigenvalue weighted by Crippen LogP contribution is -2.19. The number of rotatable bonds is 4. The number of ether oxygens (including phenoxy) is 1. The highest BCUT2D eigenvalue weighted by Gasteiger charge is 2.17. The molecule has 0 heterocycles. The van der Waals surface area contributed by atoms with E-state index in [1.165, 1.54) is 0 Å². The van der Waals surface area contributed by atoms with E-state index < -0.39 is 0 Å². The van der Waals surface area contributed by atoms with Crippen molar-refractivity contribution in [3.63, 3.8) is 0 Å².